The van der Waals surface area contributed by atoms with Gasteiger partial charge in [0.2, 0.25) is 0 Å². The van der Waals surface area contributed by atoms with E-state index < -0.39 is 11.4 Å². The van der Waals surface area contributed by atoms with Crippen molar-refractivity contribution in [2.75, 3.05) is 27.2 Å². The lowest BCUT2D eigenvalue weighted by Crippen LogP contribution is -2.66. The summed E-state index contributed by atoms with van der Waals surface area (Å²) in [4.78, 5) is 26.2. The fourth-order valence-electron chi connectivity index (χ4n) is 13.4. The van der Waals surface area contributed by atoms with Crippen molar-refractivity contribution in [2.45, 2.75) is 139 Å². The number of rotatable bonds is 11. The molecule has 5 aliphatic carbocycles. The number of ether oxygens (including phenoxy) is 2. The Bertz CT molecular complexity index is 1280. The maximum absolute atomic E-state index is 12.5. The van der Waals surface area contributed by atoms with Crippen molar-refractivity contribution in [1.82, 2.24) is 4.90 Å². The van der Waals surface area contributed by atoms with Gasteiger partial charge in [0.15, 0.2) is 0 Å². The van der Waals surface area contributed by atoms with Gasteiger partial charge in [0.05, 0.1) is 24.3 Å². The zero-order chi connectivity index (χ0) is 35.7. The molecule has 0 aromatic heterocycles. The summed E-state index contributed by atoms with van der Waals surface area (Å²) in [5.41, 5.74) is 1.47. The van der Waals surface area contributed by atoms with Crippen molar-refractivity contribution in [3.05, 3.63) is 24.5 Å². The lowest BCUT2D eigenvalue weighted by molar-refractivity contribution is -0.249. The number of carbonyl (C=O) groups excluding carboxylic acids is 1. The Balaban J connectivity index is 1.37. The first-order valence-electron chi connectivity index (χ1n) is 19.2. The molecule has 0 aromatic rings. The van der Waals surface area contributed by atoms with Gasteiger partial charge in [0.1, 0.15) is 6.10 Å². The number of fused-ring (bicyclic) bond motifs is 7. The molecule has 48 heavy (non-hydrogen) atoms. The summed E-state index contributed by atoms with van der Waals surface area (Å²) >= 11 is 0. The number of nitrogens with zero attached hydrogens (tertiary/aromatic N) is 1. The zero-order valence-corrected chi connectivity index (χ0v) is 32.3. The molecule has 10 atom stereocenters. The molecular formula is C42H69NO5. The van der Waals surface area contributed by atoms with Crippen molar-refractivity contribution >= 4 is 11.9 Å². The molecular weight excluding hydrogens is 598 g/mol. The molecule has 0 bridgehead atoms. The van der Waals surface area contributed by atoms with Crippen LogP contribution in [0.4, 0.5) is 0 Å². The average Bonchev–Trinajstić information content (AvgIpc) is 3.34. The molecule has 0 heterocycles. The van der Waals surface area contributed by atoms with E-state index in [4.69, 9.17) is 9.47 Å². The molecule has 272 valence electrons. The van der Waals surface area contributed by atoms with Gasteiger partial charge < -0.3 is 14.6 Å². The van der Waals surface area contributed by atoms with Crippen LogP contribution in [0.15, 0.2) is 24.5 Å². The summed E-state index contributed by atoms with van der Waals surface area (Å²) < 4.78 is 12.4. The molecule has 6 heteroatoms. The number of aliphatic carboxylic acids is 1. The fraction of sp³-hybridized carbons (Fsp3) is 0.857. The van der Waals surface area contributed by atoms with E-state index in [9.17, 15) is 14.7 Å². The molecule has 5 rings (SSSR count). The Hall–Kier alpha value is -1.82. The SMILES string of the molecule is C=C(CC(C)(C)C(=O)O)OC1CCC2(C)[C@H]3CCC4[C@H]5[C@H](C(=C)C)CC[C@]5(CCOC(=O)CN(C)C)CC[C@@]4(C)C3(C)CC[C@H]2C1(C)C. The van der Waals surface area contributed by atoms with Crippen LogP contribution in [0.25, 0.3) is 0 Å². The van der Waals surface area contributed by atoms with Gasteiger partial charge in [-0.15, -0.1) is 0 Å². The van der Waals surface area contributed by atoms with E-state index in [0.717, 1.165) is 19.3 Å². The first kappa shape index (κ1) is 37.4. The van der Waals surface area contributed by atoms with Gasteiger partial charge in [0.25, 0.3) is 0 Å². The third kappa shape index (κ3) is 6.00. The predicted octanol–water partition coefficient (Wildman–Crippen LogP) is 9.54. The second-order valence-corrected chi connectivity index (χ2v) is 19.6. The largest absolute Gasteiger partial charge is 0.495 e. The van der Waals surface area contributed by atoms with Gasteiger partial charge in [-0.25, -0.2) is 0 Å². The monoisotopic (exact) mass is 668 g/mol. The van der Waals surface area contributed by atoms with Gasteiger partial charge in [0, 0.05) is 11.8 Å². The van der Waals surface area contributed by atoms with Gasteiger partial charge in [-0.2, -0.15) is 0 Å². The minimum atomic E-state index is -0.887. The molecule has 1 N–H and O–H groups in total. The van der Waals surface area contributed by atoms with Crippen LogP contribution in [0.2, 0.25) is 0 Å². The van der Waals surface area contributed by atoms with Gasteiger partial charge in [-0.3, -0.25) is 14.5 Å². The molecule has 4 unspecified atom stereocenters. The minimum absolute atomic E-state index is 0.0232. The number of carboxylic acids is 1. The van der Waals surface area contributed by atoms with E-state index >= 15 is 0 Å². The van der Waals surface area contributed by atoms with Crippen molar-refractivity contribution < 1.29 is 24.2 Å². The number of allylic oxidation sites excluding steroid dienone is 2. The Kier molecular flexibility index (Phi) is 9.94. The second-order valence-electron chi connectivity index (χ2n) is 19.6. The maximum atomic E-state index is 12.5. The molecule has 0 amide bonds. The lowest BCUT2D eigenvalue weighted by Gasteiger charge is -2.73. The smallest absolute Gasteiger partial charge is 0.320 e. The molecule has 0 aliphatic heterocycles. The number of carboxylic acid groups (broad SMARTS) is 1. The van der Waals surface area contributed by atoms with E-state index in [-0.39, 0.29) is 39.1 Å². The summed E-state index contributed by atoms with van der Waals surface area (Å²) in [6.45, 7) is 28.3. The van der Waals surface area contributed by atoms with Crippen LogP contribution in [0, 0.1) is 62.1 Å². The standard InChI is InChI=1S/C42H69NO5/c1-27(2)29-15-20-42(23-24-47-34(44)26-43(11)12)22-21-40(9)30(35(29)42)13-14-32-39(8)18-17-33(48-28(3)25-37(4,5)36(45)46)38(6,7)31(39)16-19-41(32,40)10/h29-33,35H,1,3,13-26H2,2,4-12H3,(H,45,46)/t29-,30?,31-,32+,33?,35+,39?,40+,41?,42+/m0/s1. The topological polar surface area (TPSA) is 76.1 Å². The Labute approximate surface area is 292 Å². The highest BCUT2D eigenvalue weighted by atomic mass is 16.5. The molecule has 0 aromatic carbocycles. The zero-order valence-electron chi connectivity index (χ0n) is 32.3. The van der Waals surface area contributed by atoms with E-state index in [0.29, 0.717) is 54.9 Å². The van der Waals surface area contributed by atoms with E-state index in [2.05, 4.69) is 54.7 Å². The number of likely N-dealkylation sites (N-methyl/N-ethyl adjacent to an activating group) is 1. The van der Waals surface area contributed by atoms with E-state index in [1.54, 1.807) is 13.8 Å². The number of hydrogen-bond acceptors (Lipinski definition) is 5. The number of hydrogen-bond donors (Lipinski definition) is 1. The summed E-state index contributed by atoms with van der Waals surface area (Å²) in [5, 5.41) is 9.69. The second kappa shape index (κ2) is 12.7. The minimum Gasteiger partial charge on any atom is -0.495 e. The van der Waals surface area contributed by atoms with E-state index in [1.807, 2.05) is 19.0 Å². The Morgan fingerprint density at radius 3 is 2.19 bits per heavy atom. The van der Waals surface area contributed by atoms with Gasteiger partial charge in [-0.05, 0) is 157 Å². The molecule has 0 saturated heterocycles. The fourth-order valence-corrected chi connectivity index (χ4v) is 13.4. The van der Waals surface area contributed by atoms with Crippen molar-refractivity contribution in [3.8, 4) is 0 Å². The molecule has 6 nitrogen and oxygen atoms in total. The van der Waals surface area contributed by atoms with Crippen molar-refractivity contribution in [3.63, 3.8) is 0 Å². The third-order valence-corrected chi connectivity index (χ3v) is 16.0. The van der Waals surface area contributed by atoms with Crippen LogP contribution in [0.3, 0.4) is 0 Å². The highest BCUT2D eigenvalue weighted by Gasteiger charge is 2.71. The number of carbonyl (C=O) groups is 2. The molecule has 5 aliphatic rings. The Morgan fingerprint density at radius 2 is 1.56 bits per heavy atom. The average molecular weight is 668 g/mol. The maximum Gasteiger partial charge on any atom is 0.320 e. The first-order valence-corrected chi connectivity index (χ1v) is 19.2. The first-order chi connectivity index (χ1) is 22.1. The van der Waals surface area contributed by atoms with Crippen LogP contribution in [-0.4, -0.2) is 55.3 Å². The summed E-state index contributed by atoms with van der Waals surface area (Å²) in [6, 6.07) is 0. The van der Waals surface area contributed by atoms with Crippen LogP contribution in [-0.2, 0) is 19.1 Å². The van der Waals surface area contributed by atoms with Crippen LogP contribution < -0.4 is 0 Å². The molecule has 0 radical (unpaired) electrons. The molecule has 0 spiro atoms. The van der Waals surface area contributed by atoms with Crippen molar-refractivity contribution in [2.24, 2.45) is 62.1 Å². The third-order valence-electron chi connectivity index (χ3n) is 16.0. The van der Waals surface area contributed by atoms with Crippen LogP contribution >= 0.6 is 0 Å². The quantitative estimate of drug-likeness (QED) is 0.134. The highest BCUT2D eigenvalue weighted by Crippen LogP contribution is 2.78. The molecule has 5 saturated carbocycles. The summed E-state index contributed by atoms with van der Waals surface area (Å²) in [5.74, 6) is 2.75. The van der Waals surface area contributed by atoms with Gasteiger partial charge in [-0.1, -0.05) is 53.3 Å². The lowest BCUT2D eigenvalue weighted by atomic mass is 9.32. The normalized spacial score (nSPS) is 41.7. The Morgan fingerprint density at radius 1 is 0.875 bits per heavy atom. The predicted molar refractivity (Wildman–Crippen MR) is 193 cm³/mol. The van der Waals surface area contributed by atoms with Crippen LogP contribution in [0.5, 0.6) is 0 Å². The highest BCUT2D eigenvalue weighted by molar-refractivity contribution is 5.73. The van der Waals surface area contributed by atoms with Crippen LogP contribution in [0.1, 0.15) is 132 Å². The summed E-state index contributed by atoms with van der Waals surface area (Å²) in [6.07, 6.45) is 13.5. The molecule has 5 fully saturated rings. The summed E-state index contributed by atoms with van der Waals surface area (Å²) in [7, 11) is 3.83. The van der Waals surface area contributed by atoms with Gasteiger partial charge >= 0.3 is 11.9 Å². The number of esters is 1. The van der Waals surface area contributed by atoms with E-state index in [1.165, 1.54) is 56.9 Å². The van der Waals surface area contributed by atoms with Crippen molar-refractivity contribution in [1.29, 1.82) is 0 Å².